The molecule has 1 aromatic carbocycles. The number of fused-ring (bicyclic) bond motifs is 1. The fourth-order valence-electron chi connectivity index (χ4n) is 4.12. The lowest BCUT2D eigenvalue weighted by Gasteiger charge is -2.34. The van der Waals surface area contributed by atoms with E-state index in [2.05, 4.69) is 20.5 Å². The number of aromatic nitrogens is 2. The van der Waals surface area contributed by atoms with Crippen molar-refractivity contribution in [1.82, 2.24) is 20.6 Å². The number of morpholine rings is 1. The number of hydrogen-bond acceptors (Lipinski definition) is 6. The van der Waals surface area contributed by atoms with Crippen LogP contribution in [0.15, 0.2) is 30.3 Å². The van der Waals surface area contributed by atoms with Crippen LogP contribution in [-0.2, 0) is 16.0 Å². The Morgan fingerprint density at radius 2 is 1.96 bits per heavy atom. The van der Waals surface area contributed by atoms with E-state index < -0.39 is 5.60 Å². The Bertz CT molecular complexity index is 936. The molecule has 8 nitrogen and oxygen atoms in total. The molecular formula is C20H21N5O3. The fraction of sp³-hybridized carbons (Fsp3) is 0.400. The molecule has 0 bridgehead atoms. The third-order valence-electron chi connectivity index (χ3n) is 5.63. The number of carbonyl (C=O) groups excluding carboxylic acids is 2. The van der Waals surface area contributed by atoms with E-state index in [-0.39, 0.29) is 18.4 Å². The molecule has 3 aliphatic heterocycles. The molecule has 0 saturated carbocycles. The molecule has 1 aromatic heterocycles. The number of anilines is 1. The summed E-state index contributed by atoms with van der Waals surface area (Å²) in [5.41, 5.74) is 1.82. The molecule has 8 heteroatoms. The van der Waals surface area contributed by atoms with Crippen molar-refractivity contribution >= 4 is 17.6 Å². The highest BCUT2D eigenvalue weighted by Gasteiger charge is 2.43. The van der Waals surface area contributed by atoms with Gasteiger partial charge in [0.15, 0.2) is 5.82 Å². The molecule has 2 amide bonds. The van der Waals surface area contributed by atoms with Crippen molar-refractivity contribution in [2.45, 2.75) is 18.4 Å². The van der Waals surface area contributed by atoms with Crippen molar-refractivity contribution in [3.63, 3.8) is 0 Å². The van der Waals surface area contributed by atoms with Gasteiger partial charge in [-0.05, 0) is 12.8 Å². The summed E-state index contributed by atoms with van der Waals surface area (Å²) in [6, 6.07) is 9.69. The van der Waals surface area contributed by atoms with Gasteiger partial charge in [0, 0.05) is 30.8 Å². The van der Waals surface area contributed by atoms with Gasteiger partial charge in [-0.15, -0.1) is 0 Å². The first kappa shape index (κ1) is 17.1. The maximum Gasteiger partial charge on any atom is 0.270 e. The Balaban J connectivity index is 1.54. The van der Waals surface area contributed by atoms with Crippen LogP contribution in [0.5, 0.6) is 0 Å². The summed E-state index contributed by atoms with van der Waals surface area (Å²) in [6.45, 7) is 2.56. The van der Waals surface area contributed by atoms with Crippen LogP contribution in [-0.4, -0.2) is 60.2 Å². The molecule has 1 spiro atoms. The van der Waals surface area contributed by atoms with Crippen molar-refractivity contribution in [2.24, 2.45) is 0 Å². The molecule has 4 heterocycles. The molecule has 1 atom stereocenters. The van der Waals surface area contributed by atoms with E-state index in [9.17, 15) is 9.59 Å². The number of rotatable bonds is 2. The highest BCUT2D eigenvalue weighted by Crippen LogP contribution is 2.34. The Kier molecular flexibility index (Phi) is 4.01. The maximum absolute atomic E-state index is 12.5. The predicted molar refractivity (Wildman–Crippen MR) is 102 cm³/mol. The van der Waals surface area contributed by atoms with Crippen LogP contribution >= 0.6 is 0 Å². The van der Waals surface area contributed by atoms with Crippen molar-refractivity contribution in [1.29, 1.82) is 0 Å². The van der Waals surface area contributed by atoms with Gasteiger partial charge in [0.25, 0.3) is 5.91 Å². The standard InChI is InChI=1S/C20H21N5O3/c26-15-10-28-20(11-22-15)7-9-25(12-20)18-14-6-8-21-19(27)16(14)23-17(24-18)13-4-2-1-3-5-13/h1-5H,6-12H2,(H,21,27)(H,22,26). The van der Waals surface area contributed by atoms with Gasteiger partial charge >= 0.3 is 0 Å². The third-order valence-corrected chi connectivity index (χ3v) is 5.63. The molecule has 1 unspecified atom stereocenters. The molecule has 0 aliphatic carbocycles. The van der Waals surface area contributed by atoms with Gasteiger partial charge < -0.3 is 20.3 Å². The minimum Gasteiger partial charge on any atom is -0.361 e. The van der Waals surface area contributed by atoms with E-state index in [1.54, 1.807) is 0 Å². The summed E-state index contributed by atoms with van der Waals surface area (Å²) in [7, 11) is 0. The first-order chi connectivity index (χ1) is 13.6. The van der Waals surface area contributed by atoms with Crippen LogP contribution in [0.25, 0.3) is 11.4 Å². The largest absolute Gasteiger partial charge is 0.361 e. The summed E-state index contributed by atoms with van der Waals surface area (Å²) in [5.74, 6) is 1.12. The van der Waals surface area contributed by atoms with E-state index in [0.717, 1.165) is 29.9 Å². The third kappa shape index (κ3) is 2.90. The van der Waals surface area contributed by atoms with Crippen molar-refractivity contribution in [3.8, 4) is 11.4 Å². The van der Waals surface area contributed by atoms with Crippen molar-refractivity contribution in [2.75, 3.05) is 37.7 Å². The zero-order valence-corrected chi connectivity index (χ0v) is 15.4. The molecular weight excluding hydrogens is 358 g/mol. The van der Waals surface area contributed by atoms with Gasteiger partial charge in [-0.25, -0.2) is 9.97 Å². The lowest BCUT2D eigenvalue weighted by molar-refractivity contribution is -0.141. The van der Waals surface area contributed by atoms with Crippen LogP contribution in [0.1, 0.15) is 22.5 Å². The average Bonchev–Trinajstić information content (AvgIpc) is 3.14. The Morgan fingerprint density at radius 3 is 2.75 bits per heavy atom. The van der Waals surface area contributed by atoms with Gasteiger partial charge in [-0.1, -0.05) is 30.3 Å². The molecule has 2 aromatic rings. The second-order valence-electron chi connectivity index (χ2n) is 7.49. The van der Waals surface area contributed by atoms with Gasteiger partial charge in [0.1, 0.15) is 23.7 Å². The topological polar surface area (TPSA) is 96.4 Å². The Morgan fingerprint density at radius 1 is 1.11 bits per heavy atom. The quantitative estimate of drug-likeness (QED) is 0.790. The highest BCUT2D eigenvalue weighted by molar-refractivity contribution is 5.96. The summed E-state index contributed by atoms with van der Waals surface area (Å²) in [5, 5.41) is 5.78. The lowest BCUT2D eigenvalue weighted by Crippen LogP contribution is -2.54. The summed E-state index contributed by atoms with van der Waals surface area (Å²) in [6.07, 6.45) is 1.51. The van der Waals surface area contributed by atoms with E-state index in [1.807, 2.05) is 30.3 Å². The van der Waals surface area contributed by atoms with Crippen LogP contribution < -0.4 is 15.5 Å². The molecule has 3 aliphatic rings. The fourth-order valence-corrected chi connectivity index (χ4v) is 4.12. The van der Waals surface area contributed by atoms with Gasteiger partial charge in [0.2, 0.25) is 5.91 Å². The molecule has 144 valence electrons. The minimum absolute atomic E-state index is 0.0773. The molecule has 5 rings (SSSR count). The average molecular weight is 379 g/mol. The van der Waals surface area contributed by atoms with Crippen molar-refractivity contribution in [3.05, 3.63) is 41.6 Å². The molecule has 0 radical (unpaired) electrons. The summed E-state index contributed by atoms with van der Waals surface area (Å²) in [4.78, 5) is 35.5. The van der Waals surface area contributed by atoms with Crippen LogP contribution in [0.4, 0.5) is 5.82 Å². The van der Waals surface area contributed by atoms with Gasteiger partial charge in [-0.2, -0.15) is 0 Å². The molecule has 2 saturated heterocycles. The summed E-state index contributed by atoms with van der Waals surface area (Å²) < 4.78 is 5.89. The summed E-state index contributed by atoms with van der Waals surface area (Å²) >= 11 is 0. The monoisotopic (exact) mass is 379 g/mol. The van der Waals surface area contributed by atoms with E-state index in [1.165, 1.54) is 0 Å². The minimum atomic E-state index is -0.393. The van der Waals surface area contributed by atoms with Gasteiger partial charge in [0.05, 0.1) is 6.54 Å². The first-order valence-electron chi connectivity index (χ1n) is 9.54. The smallest absolute Gasteiger partial charge is 0.270 e. The normalized spacial score (nSPS) is 24.1. The van der Waals surface area contributed by atoms with Crippen molar-refractivity contribution < 1.29 is 14.3 Å². The Labute approximate surface area is 162 Å². The van der Waals surface area contributed by atoms with Crippen LogP contribution in [0, 0.1) is 0 Å². The lowest BCUT2D eigenvalue weighted by atomic mass is 10.0. The number of carbonyl (C=O) groups is 2. The predicted octanol–water partition coefficient (Wildman–Crippen LogP) is 0.525. The SMILES string of the molecule is O=C1COC2(CCN(c3nc(-c4ccccc4)nc4c3CCNC4=O)C2)CN1. The van der Waals surface area contributed by atoms with E-state index in [0.29, 0.717) is 37.6 Å². The van der Waals surface area contributed by atoms with Crippen LogP contribution in [0.3, 0.4) is 0 Å². The highest BCUT2D eigenvalue weighted by atomic mass is 16.5. The zero-order chi connectivity index (χ0) is 19.1. The second kappa shape index (κ2) is 6.56. The molecule has 2 N–H and O–H groups in total. The first-order valence-corrected chi connectivity index (χ1v) is 9.54. The number of amides is 2. The second-order valence-corrected chi connectivity index (χ2v) is 7.49. The van der Waals surface area contributed by atoms with Gasteiger partial charge in [-0.3, -0.25) is 9.59 Å². The number of ether oxygens (including phenoxy) is 1. The van der Waals surface area contributed by atoms with Crippen LogP contribution in [0.2, 0.25) is 0 Å². The van der Waals surface area contributed by atoms with E-state index in [4.69, 9.17) is 9.72 Å². The maximum atomic E-state index is 12.5. The number of benzene rings is 1. The zero-order valence-electron chi connectivity index (χ0n) is 15.4. The Hall–Kier alpha value is -3.00. The number of nitrogens with zero attached hydrogens (tertiary/aromatic N) is 3. The molecule has 28 heavy (non-hydrogen) atoms. The number of hydrogen-bond donors (Lipinski definition) is 2. The van der Waals surface area contributed by atoms with E-state index >= 15 is 0 Å². The molecule has 2 fully saturated rings. The number of nitrogens with one attached hydrogen (secondary N) is 2.